The van der Waals surface area contributed by atoms with Gasteiger partial charge in [-0.2, -0.15) is 0 Å². The Morgan fingerprint density at radius 2 is 2.00 bits per heavy atom. The van der Waals surface area contributed by atoms with E-state index in [9.17, 15) is 9.90 Å². The summed E-state index contributed by atoms with van der Waals surface area (Å²) < 4.78 is 7.69. The minimum absolute atomic E-state index is 0.142. The van der Waals surface area contributed by atoms with Crippen LogP contribution in [0.3, 0.4) is 0 Å². The zero-order chi connectivity index (χ0) is 18.8. The van der Waals surface area contributed by atoms with Gasteiger partial charge in [-0.25, -0.2) is 9.78 Å². The zero-order valence-electron chi connectivity index (χ0n) is 14.3. The number of para-hydroxylation sites is 3. The Bertz CT molecular complexity index is 1150. The maximum atomic E-state index is 11.8. The molecule has 0 unspecified atom stereocenters. The molecule has 6 heteroatoms. The Labute approximate surface area is 159 Å². The highest BCUT2D eigenvalue weighted by atomic mass is 32.2. The molecule has 0 bridgehead atoms. The molecule has 4 rings (SSSR count). The average Bonchev–Trinajstić information content (AvgIpc) is 3.23. The molecule has 0 saturated carbocycles. The lowest BCUT2D eigenvalue weighted by Crippen LogP contribution is -1.96. The van der Waals surface area contributed by atoms with Crippen molar-refractivity contribution in [2.24, 2.45) is 0 Å². The Kier molecular flexibility index (Phi) is 4.56. The van der Waals surface area contributed by atoms with Crippen molar-refractivity contribution in [2.45, 2.75) is 11.8 Å². The van der Waals surface area contributed by atoms with Gasteiger partial charge in [-0.05, 0) is 36.0 Å². The number of fused-ring (bicyclic) bond motifs is 2. The van der Waals surface area contributed by atoms with E-state index in [0.29, 0.717) is 22.9 Å². The number of rotatable bonds is 6. The largest absolute Gasteiger partial charge is 0.477 e. The predicted octanol–water partition coefficient (Wildman–Crippen LogP) is 5.19. The van der Waals surface area contributed by atoms with Crippen molar-refractivity contribution in [2.75, 3.05) is 0 Å². The Balaban J connectivity index is 1.76. The lowest BCUT2D eigenvalue weighted by atomic mass is 10.1. The summed E-state index contributed by atoms with van der Waals surface area (Å²) in [4.78, 5) is 16.3. The van der Waals surface area contributed by atoms with Crippen LogP contribution in [0.5, 0.6) is 0 Å². The highest BCUT2D eigenvalue weighted by molar-refractivity contribution is 8.03. The number of hydrogen-bond donors (Lipinski definition) is 1. The average molecular weight is 376 g/mol. The Morgan fingerprint density at radius 3 is 2.78 bits per heavy atom. The number of aliphatic carboxylic acids is 1. The van der Waals surface area contributed by atoms with E-state index in [-0.39, 0.29) is 4.91 Å². The highest BCUT2D eigenvalue weighted by Crippen LogP contribution is 2.32. The molecule has 0 atom stereocenters. The van der Waals surface area contributed by atoms with Gasteiger partial charge in [0, 0.05) is 29.2 Å². The molecular formula is C21H16N2O3S. The summed E-state index contributed by atoms with van der Waals surface area (Å²) in [5.41, 5.74) is 3.19. The molecule has 0 radical (unpaired) electrons. The summed E-state index contributed by atoms with van der Waals surface area (Å²) in [6.45, 7) is 4.43. The third-order valence-corrected chi connectivity index (χ3v) is 4.98. The van der Waals surface area contributed by atoms with Crippen molar-refractivity contribution in [1.29, 1.82) is 0 Å². The zero-order valence-corrected chi connectivity index (χ0v) is 15.1. The van der Waals surface area contributed by atoms with Crippen LogP contribution in [-0.4, -0.2) is 20.6 Å². The SMILES string of the molecule is C=CCn1cc(/C=C(\Sc2nc3ccccc3o2)C(=O)O)c2ccccc21. The van der Waals surface area contributed by atoms with Gasteiger partial charge in [0.2, 0.25) is 0 Å². The van der Waals surface area contributed by atoms with E-state index < -0.39 is 5.97 Å². The summed E-state index contributed by atoms with van der Waals surface area (Å²) in [7, 11) is 0. The fraction of sp³-hybridized carbons (Fsp3) is 0.0476. The van der Waals surface area contributed by atoms with Gasteiger partial charge < -0.3 is 14.1 Å². The number of carbonyl (C=O) groups is 1. The molecule has 0 saturated heterocycles. The molecule has 4 aromatic rings. The number of carboxylic acids is 1. The third-order valence-electron chi connectivity index (χ3n) is 4.11. The van der Waals surface area contributed by atoms with Gasteiger partial charge in [0.1, 0.15) is 10.4 Å². The lowest BCUT2D eigenvalue weighted by molar-refractivity contribution is -0.131. The van der Waals surface area contributed by atoms with E-state index >= 15 is 0 Å². The van der Waals surface area contributed by atoms with E-state index in [1.165, 1.54) is 0 Å². The fourth-order valence-electron chi connectivity index (χ4n) is 2.95. The van der Waals surface area contributed by atoms with Crippen LogP contribution in [0.2, 0.25) is 0 Å². The van der Waals surface area contributed by atoms with E-state index in [1.54, 1.807) is 12.1 Å². The number of hydrogen-bond acceptors (Lipinski definition) is 4. The minimum atomic E-state index is -1.03. The maximum absolute atomic E-state index is 11.8. The molecule has 0 spiro atoms. The van der Waals surface area contributed by atoms with Crippen LogP contribution < -0.4 is 0 Å². The smallest absolute Gasteiger partial charge is 0.342 e. The van der Waals surface area contributed by atoms with Crippen molar-refractivity contribution in [3.63, 3.8) is 0 Å². The van der Waals surface area contributed by atoms with Gasteiger partial charge in [0.25, 0.3) is 5.22 Å². The second-order valence-electron chi connectivity index (χ2n) is 5.91. The van der Waals surface area contributed by atoms with Crippen LogP contribution in [0.1, 0.15) is 5.56 Å². The van der Waals surface area contributed by atoms with E-state index in [0.717, 1.165) is 28.2 Å². The number of thioether (sulfide) groups is 1. The first-order chi connectivity index (χ1) is 13.2. The fourth-order valence-corrected chi connectivity index (χ4v) is 3.68. The number of carboxylic acid groups (broad SMARTS) is 1. The molecule has 2 aromatic carbocycles. The molecule has 0 aliphatic rings. The summed E-state index contributed by atoms with van der Waals surface area (Å²) in [6.07, 6.45) is 5.40. The molecule has 2 heterocycles. The summed E-state index contributed by atoms with van der Waals surface area (Å²) in [6, 6.07) is 15.2. The van der Waals surface area contributed by atoms with Gasteiger partial charge in [-0.3, -0.25) is 0 Å². The van der Waals surface area contributed by atoms with E-state index in [1.807, 2.05) is 59.3 Å². The van der Waals surface area contributed by atoms with Gasteiger partial charge >= 0.3 is 5.97 Å². The van der Waals surface area contributed by atoms with Gasteiger partial charge in [0.05, 0.1) is 0 Å². The second-order valence-corrected chi connectivity index (χ2v) is 6.90. The quantitative estimate of drug-likeness (QED) is 0.285. The van der Waals surface area contributed by atoms with Crippen LogP contribution in [0.15, 0.2) is 81.9 Å². The van der Waals surface area contributed by atoms with Crippen molar-refractivity contribution < 1.29 is 14.3 Å². The molecule has 27 heavy (non-hydrogen) atoms. The number of benzene rings is 2. The first-order valence-corrected chi connectivity index (χ1v) is 9.14. The van der Waals surface area contributed by atoms with Crippen molar-refractivity contribution in [1.82, 2.24) is 9.55 Å². The molecule has 0 aliphatic carbocycles. The summed E-state index contributed by atoms with van der Waals surface area (Å²) in [5.74, 6) is -1.03. The standard InChI is InChI=1S/C21H16N2O3S/c1-2-11-23-13-14(15-7-3-5-9-17(15)23)12-19(20(24)25)27-21-22-16-8-4-6-10-18(16)26-21/h2-10,12-13H,1,11H2,(H,24,25)/b19-12-. The van der Waals surface area contributed by atoms with Crippen molar-refractivity contribution in [3.8, 4) is 0 Å². The van der Waals surface area contributed by atoms with Crippen LogP contribution in [0.25, 0.3) is 28.1 Å². The normalized spacial score (nSPS) is 11.9. The number of aromatic nitrogens is 2. The van der Waals surface area contributed by atoms with E-state index in [2.05, 4.69) is 11.6 Å². The molecule has 0 aliphatic heterocycles. The Hall–Kier alpha value is -3.25. The topological polar surface area (TPSA) is 68.3 Å². The van der Waals surface area contributed by atoms with Crippen LogP contribution in [0.4, 0.5) is 0 Å². The van der Waals surface area contributed by atoms with Gasteiger partial charge in [0.15, 0.2) is 5.58 Å². The summed E-state index contributed by atoms with van der Waals surface area (Å²) >= 11 is 1.00. The molecular weight excluding hydrogens is 360 g/mol. The van der Waals surface area contributed by atoms with Crippen LogP contribution in [0, 0.1) is 0 Å². The number of nitrogens with zero attached hydrogens (tertiary/aromatic N) is 2. The second kappa shape index (κ2) is 7.17. The van der Waals surface area contributed by atoms with E-state index in [4.69, 9.17) is 4.42 Å². The monoisotopic (exact) mass is 376 g/mol. The van der Waals surface area contributed by atoms with Gasteiger partial charge in [-0.15, -0.1) is 6.58 Å². The molecule has 0 fully saturated rings. The number of oxazole rings is 1. The summed E-state index contributed by atoms with van der Waals surface area (Å²) in [5, 5.41) is 11.0. The van der Waals surface area contributed by atoms with Gasteiger partial charge in [-0.1, -0.05) is 36.4 Å². The molecule has 5 nitrogen and oxygen atoms in total. The molecule has 1 N–H and O–H groups in total. The Morgan fingerprint density at radius 1 is 1.22 bits per heavy atom. The first-order valence-electron chi connectivity index (χ1n) is 8.33. The highest BCUT2D eigenvalue weighted by Gasteiger charge is 2.16. The maximum Gasteiger partial charge on any atom is 0.342 e. The first kappa shape index (κ1) is 17.2. The molecule has 0 amide bonds. The lowest BCUT2D eigenvalue weighted by Gasteiger charge is -1.98. The minimum Gasteiger partial charge on any atom is -0.477 e. The van der Waals surface area contributed by atoms with Crippen molar-refractivity contribution >= 4 is 45.8 Å². The molecule has 2 aromatic heterocycles. The predicted molar refractivity (Wildman–Crippen MR) is 108 cm³/mol. The third kappa shape index (κ3) is 3.39. The number of allylic oxidation sites excluding steroid dienone is 1. The van der Waals surface area contributed by atoms with Crippen LogP contribution in [-0.2, 0) is 11.3 Å². The van der Waals surface area contributed by atoms with Crippen molar-refractivity contribution in [3.05, 3.63) is 77.9 Å². The molecule has 134 valence electrons. The van der Waals surface area contributed by atoms with Crippen LogP contribution >= 0.6 is 11.8 Å².